The highest BCUT2D eigenvalue weighted by molar-refractivity contribution is 5.76. The molecule has 2 aromatic carbocycles. The maximum atomic E-state index is 9.31. The van der Waals surface area contributed by atoms with E-state index in [0.29, 0.717) is 11.5 Å². The molecule has 0 unspecified atom stereocenters. The van der Waals surface area contributed by atoms with Crippen molar-refractivity contribution in [3.05, 3.63) is 53.6 Å². The number of aromatic nitrogens is 3. The van der Waals surface area contributed by atoms with Crippen LogP contribution in [-0.2, 0) is 0 Å². The van der Waals surface area contributed by atoms with Crippen molar-refractivity contribution in [3.8, 4) is 11.8 Å². The fourth-order valence-corrected chi connectivity index (χ4v) is 2.22. The van der Waals surface area contributed by atoms with Crippen molar-refractivity contribution < 1.29 is 0 Å². The van der Waals surface area contributed by atoms with Crippen LogP contribution >= 0.6 is 0 Å². The molecule has 1 aromatic heterocycles. The van der Waals surface area contributed by atoms with Crippen molar-refractivity contribution in [2.45, 2.75) is 19.8 Å². The summed E-state index contributed by atoms with van der Waals surface area (Å²) >= 11 is 0. The van der Waals surface area contributed by atoms with E-state index in [1.165, 1.54) is 5.56 Å². The maximum absolute atomic E-state index is 9.31. The van der Waals surface area contributed by atoms with E-state index in [0.717, 1.165) is 16.7 Å². The second-order valence-corrected chi connectivity index (χ2v) is 5.03. The van der Waals surface area contributed by atoms with Gasteiger partial charge in [-0.15, -0.1) is 5.10 Å². The summed E-state index contributed by atoms with van der Waals surface area (Å²) in [4.78, 5) is 0. The Kier molecular flexibility index (Phi) is 2.96. The molecule has 0 fully saturated rings. The van der Waals surface area contributed by atoms with Gasteiger partial charge in [0.15, 0.2) is 0 Å². The first-order valence-corrected chi connectivity index (χ1v) is 6.55. The van der Waals surface area contributed by atoms with Crippen LogP contribution in [-0.4, -0.2) is 15.0 Å². The van der Waals surface area contributed by atoms with E-state index in [1.54, 1.807) is 4.68 Å². The molecule has 0 saturated heterocycles. The van der Waals surface area contributed by atoms with Crippen molar-refractivity contribution in [2.24, 2.45) is 0 Å². The van der Waals surface area contributed by atoms with Crippen LogP contribution < -0.4 is 0 Å². The predicted molar refractivity (Wildman–Crippen MR) is 77.7 cm³/mol. The maximum Gasteiger partial charge on any atom is 0.113 e. The lowest BCUT2D eigenvalue weighted by Crippen LogP contribution is -2.02. The van der Waals surface area contributed by atoms with Crippen LogP contribution in [0.2, 0.25) is 0 Å². The number of fused-ring (bicyclic) bond motifs is 1. The fraction of sp³-hybridized carbons (Fsp3) is 0.188. The van der Waals surface area contributed by atoms with Gasteiger partial charge >= 0.3 is 0 Å². The lowest BCUT2D eigenvalue weighted by Gasteiger charge is -2.10. The minimum absolute atomic E-state index is 0.399. The average Bonchev–Trinajstić information content (AvgIpc) is 2.90. The molecule has 0 saturated carbocycles. The standard InChI is InChI=1S/C16H14N4/c1-11(2)12-7-8-13(10-17)16(9-12)20-15-6-4-3-5-14(15)18-19-20/h3-9,11H,1-2H3. The lowest BCUT2D eigenvalue weighted by molar-refractivity contribution is 0.811. The van der Waals surface area contributed by atoms with Gasteiger partial charge in [0, 0.05) is 0 Å². The van der Waals surface area contributed by atoms with Crippen LogP contribution in [0, 0.1) is 11.3 Å². The Morgan fingerprint density at radius 1 is 1.15 bits per heavy atom. The number of nitrogens with zero attached hydrogens (tertiary/aromatic N) is 4. The minimum atomic E-state index is 0.399. The smallest absolute Gasteiger partial charge is 0.113 e. The third kappa shape index (κ3) is 1.94. The van der Waals surface area contributed by atoms with E-state index in [1.807, 2.05) is 42.5 Å². The molecule has 0 aliphatic rings. The van der Waals surface area contributed by atoms with Crippen LogP contribution in [0.15, 0.2) is 42.5 Å². The molecular formula is C16H14N4. The normalized spacial score (nSPS) is 10.9. The van der Waals surface area contributed by atoms with E-state index in [4.69, 9.17) is 0 Å². The van der Waals surface area contributed by atoms with Crippen molar-refractivity contribution in [3.63, 3.8) is 0 Å². The Bertz CT molecular complexity index is 809. The highest BCUT2D eigenvalue weighted by Crippen LogP contribution is 2.23. The molecule has 20 heavy (non-hydrogen) atoms. The Morgan fingerprint density at radius 2 is 1.95 bits per heavy atom. The van der Waals surface area contributed by atoms with Gasteiger partial charge in [0.05, 0.1) is 16.8 Å². The predicted octanol–water partition coefficient (Wildman–Crippen LogP) is 3.42. The summed E-state index contributed by atoms with van der Waals surface area (Å²) in [7, 11) is 0. The molecule has 3 aromatic rings. The molecule has 0 radical (unpaired) electrons. The number of benzene rings is 2. The zero-order valence-corrected chi connectivity index (χ0v) is 11.4. The highest BCUT2D eigenvalue weighted by atomic mass is 15.4. The molecule has 98 valence electrons. The zero-order valence-electron chi connectivity index (χ0n) is 11.4. The molecule has 1 heterocycles. The van der Waals surface area contributed by atoms with Crippen LogP contribution in [0.1, 0.15) is 30.9 Å². The van der Waals surface area contributed by atoms with E-state index in [9.17, 15) is 5.26 Å². The average molecular weight is 262 g/mol. The first-order valence-electron chi connectivity index (χ1n) is 6.55. The SMILES string of the molecule is CC(C)c1ccc(C#N)c(-n2nnc3ccccc32)c1. The van der Waals surface area contributed by atoms with Gasteiger partial charge in [0.2, 0.25) is 0 Å². The Morgan fingerprint density at radius 3 is 2.70 bits per heavy atom. The van der Waals surface area contributed by atoms with Gasteiger partial charge in [-0.05, 0) is 35.7 Å². The molecule has 0 aliphatic heterocycles. The fourth-order valence-electron chi connectivity index (χ4n) is 2.22. The summed E-state index contributed by atoms with van der Waals surface area (Å²) in [5, 5.41) is 17.6. The van der Waals surface area contributed by atoms with Crippen LogP contribution in [0.3, 0.4) is 0 Å². The molecule has 4 nitrogen and oxygen atoms in total. The Hall–Kier alpha value is -2.67. The quantitative estimate of drug-likeness (QED) is 0.711. The zero-order chi connectivity index (χ0) is 14.1. The topological polar surface area (TPSA) is 54.5 Å². The Balaban J connectivity index is 2.28. The third-order valence-electron chi connectivity index (χ3n) is 3.39. The summed E-state index contributed by atoms with van der Waals surface area (Å²) in [5.74, 6) is 0.399. The summed E-state index contributed by atoms with van der Waals surface area (Å²) in [5.41, 5.74) is 4.30. The van der Waals surface area contributed by atoms with Crippen LogP contribution in [0.25, 0.3) is 16.7 Å². The molecule has 0 spiro atoms. The molecule has 0 amide bonds. The summed E-state index contributed by atoms with van der Waals surface area (Å²) in [6.45, 7) is 4.26. The van der Waals surface area contributed by atoms with Gasteiger partial charge < -0.3 is 0 Å². The molecule has 3 rings (SSSR count). The third-order valence-corrected chi connectivity index (χ3v) is 3.39. The van der Waals surface area contributed by atoms with E-state index in [-0.39, 0.29) is 0 Å². The molecule has 4 heteroatoms. The van der Waals surface area contributed by atoms with Gasteiger partial charge in [0.25, 0.3) is 0 Å². The highest BCUT2D eigenvalue weighted by Gasteiger charge is 2.12. The van der Waals surface area contributed by atoms with Gasteiger partial charge in [0.1, 0.15) is 11.6 Å². The minimum Gasteiger partial charge on any atom is -0.211 e. The Labute approximate surface area is 117 Å². The van der Waals surface area contributed by atoms with Crippen LogP contribution in [0.4, 0.5) is 0 Å². The van der Waals surface area contributed by atoms with Gasteiger partial charge in [-0.1, -0.05) is 37.3 Å². The van der Waals surface area contributed by atoms with E-state index >= 15 is 0 Å². The van der Waals surface area contributed by atoms with Crippen molar-refractivity contribution in [1.82, 2.24) is 15.0 Å². The van der Waals surface area contributed by atoms with Gasteiger partial charge in [-0.3, -0.25) is 0 Å². The monoisotopic (exact) mass is 262 g/mol. The first-order chi connectivity index (χ1) is 9.70. The van der Waals surface area contributed by atoms with E-state index < -0.39 is 0 Å². The second-order valence-electron chi connectivity index (χ2n) is 5.03. The first kappa shape index (κ1) is 12.4. The summed E-state index contributed by atoms with van der Waals surface area (Å²) < 4.78 is 1.74. The largest absolute Gasteiger partial charge is 0.211 e. The van der Waals surface area contributed by atoms with Gasteiger partial charge in [-0.2, -0.15) is 5.26 Å². The van der Waals surface area contributed by atoms with Crippen LogP contribution in [0.5, 0.6) is 0 Å². The van der Waals surface area contributed by atoms with Crippen molar-refractivity contribution in [1.29, 1.82) is 5.26 Å². The van der Waals surface area contributed by atoms with Gasteiger partial charge in [-0.25, -0.2) is 4.68 Å². The number of rotatable bonds is 2. The van der Waals surface area contributed by atoms with E-state index in [2.05, 4.69) is 30.2 Å². The summed E-state index contributed by atoms with van der Waals surface area (Å²) in [6.07, 6.45) is 0. The van der Waals surface area contributed by atoms with Crippen molar-refractivity contribution >= 4 is 11.0 Å². The number of hydrogen-bond acceptors (Lipinski definition) is 3. The molecule has 0 bridgehead atoms. The van der Waals surface area contributed by atoms with Crippen molar-refractivity contribution in [2.75, 3.05) is 0 Å². The molecule has 0 N–H and O–H groups in total. The molecule has 0 atom stereocenters. The molecule has 0 aliphatic carbocycles. The number of nitriles is 1. The summed E-state index contributed by atoms with van der Waals surface area (Å²) in [6, 6.07) is 15.8. The molecular weight excluding hydrogens is 248 g/mol. The number of hydrogen-bond donors (Lipinski definition) is 0. The lowest BCUT2D eigenvalue weighted by atomic mass is 10.0. The second kappa shape index (κ2) is 4.78. The number of para-hydroxylation sites is 1.